The van der Waals surface area contributed by atoms with E-state index in [4.69, 9.17) is 9.47 Å². The highest BCUT2D eigenvalue weighted by atomic mass is 16.8. The molecule has 0 bridgehead atoms. The Morgan fingerprint density at radius 3 is 2.07 bits per heavy atom. The van der Waals surface area contributed by atoms with E-state index in [9.17, 15) is 9.59 Å². The van der Waals surface area contributed by atoms with Gasteiger partial charge in [-0.3, -0.25) is 4.90 Å². The summed E-state index contributed by atoms with van der Waals surface area (Å²) >= 11 is 0. The van der Waals surface area contributed by atoms with Crippen LogP contribution in [-0.4, -0.2) is 42.9 Å². The Hall–Kier alpha value is -4.42. The molecule has 4 aromatic rings. The normalized spacial score (nSPS) is 17.4. The van der Waals surface area contributed by atoms with Crippen molar-refractivity contribution in [3.63, 3.8) is 0 Å². The third-order valence-corrected chi connectivity index (χ3v) is 8.02. The van der Waals surface area contributed by atoms with E-state index in [0.29, 0.717) is 19.5 Å². The van der Waals surface area contributed by atoms with E-state index in [1.807, 2.05) is 66.5 Å². The van der Waals surface area contributed by atoms with Crippen LogP contribution in [0, 0.1) is 5.92 Å². The van der Waals surface area contributed by atoms with Gasteiger partial charge in [0, 0.05) is 25.3 Å². The second-order valence-corrected chi connectivity index (χ2v) is 10.9. The minimum atomic E-state index is -1.47. The van der Waals surface area contributed by atoms with Crippen molar-refractivity contribution in [3.05, 3.63) is 126 Å². The first kappa shape index (κ1) is 26.8. The summed E-state index contributed by atoms with van der Waals surface area (Å²) in [5.74, 6) is -3.58. The maximum absolute atomic E-state index is 12.5. The number of hydrogen-bond donors (Lipinski definition) is 0. The zero-order valence-corrected chi connectivity index (χ0v) is 23.2. The summed E-state index contributed by atoms with van der Waals surface area (Å²) < 4.78 is 11.8. The zero-order valence-electron chi connectivity index (χ0n) is 23.2. The van der Waals surface area contributed by atoms with Gasteiger partial charge in [0.15, 0.2) is 0 Å². The van der Waals surface area contributed by atoms with Gasteiger partial charge in [0.05, 0.1) is 5.92 Å². The summed E-state index contributed by atoms with van der Waals surface area (Å²) in [7, 11) is 2.04. The van der Waals surface area contributed by atoms with Gasteiger partial charge in [-0.05, 0) is 60.2 Å². The van der Waals surface area contributed by atoms with E-state index >= 15 is 0 Å². The predicted octanol–water partition coefficient (Wildman–Crippen LogP) is 5.85. The Balaban J connectivity index is 1.23. The van der Waals surface area contributed by atoms with E-state index in [1.54, 1.807) is 0 Å². The summed E-state index contributed by atoms with van der Waals surface area (Å²) in [5, 5.41) is 0. The molecule has 4 aromatic carbocycles. The number of carbonyl (C=O) groups is 2. The molecule has 41 heavy (non-hydrogen) atoms. The van der Waals surface area contributed by atoms with Gasteiger partial charge in [0.25, 0.3) is 0 Å². The topological polar surface area (TPSA) is 59.1 Å². The lowest BCUT2D eigenvalue weighted by Crippen LogP contribution is -2.61. The average Bonchev–Trinajstić information content (AvgIpc) is 3.30. The first-order valence-electron chi connectivity index (χ1n) is 14.2. The van der Waals surface area contributed by atoms with Gasteiger partial charge in [-0.1, -0.05) is 103 Å². The standard InChI is InChI=1S/C35H34N2O4/c1-36(24-27-11-4-2-5-12-27)25-31-23-30-16-8-9-17-32(30)37(35(31)40-33(38)34(39)41-35)22-10-13-26-18-20-29(21-19-26)28-14-6-3-7-15-28/h2-9,11-12,14-21,31H,10,13,22-25H2,1H3. The molecule has 2 aliphatic rings. The van der Waals surface area contributed by atoms with Gasteiger partial charge in [0.2, 0.25) is 0 Å². The fourth-order valence-electron chi connectivity index (χ4n) is 6.10. The Morgan fingerprint density at radius 1 is 0.756 bits per heavy atom. The molecule has 2 heterocycles. The fraction of sp³-hybridized carbons (Fsp3) is 0.257. The van der Waals surface area contributed by atoms with Crippen molar-refractivity contribution in [3.8, 4) is 11.1 Å². The second-order valence-electron chi connectivity index (χ2n) is 10.9. The smallest absolute Gasteiger partial charge is 0.395 e. The molecule has 0 aromatic heterocycles. The van der Waals surface area contributed by atoms with Crippen molar-refractivity contribution in [2.45, 2.75) is 31.7 Å². The summed E-state index contributed by atoms with van der Waals surface area (Å²) in [6, 6.07) is 37.4. The first-order valence-corrected chi connectivity index (χ1v) is 14.2. The lowest BCUT2D eigenvalue weighted by Gasteiger charge is -2.48. The largest absolute Gasteiger partial charge is 0.422 e. The third-order valence-electron chi connectivity index (χ3n) is 8.02. The molecule has 1 saturated heterocycles. The summed E-state index contributed by atoms with van der Waals surface area (Å²) in [4.78, 5) is 29.3. The van der Waals surface area contributed by atoms with Crippen LogP contribution in [-0.2, 0) is 38.4 Å². The first-order chi connectivity index (χ1) is 20.0. The van der Waals surface area contributed by atoms with Gasteiger partial charge in [0.1, 0.15) is 0 Å². The number of fused-ring (bicyclic) bond motifs is 1. The Bertz CT molecular complexity index is 1490. The molecule has 0 amide bonds. The van der Waals surface area contributed by atoms with E-state index in [1.165, 1.54) is 22.3 Å². The molecule has 1 fully saturated rings. The van der Waals surface area contributed by atoms with E-state index in [0.717, 1.165) is 30.6 Å². The zero-order chi connectivity index (χ0) is 28.2. The van der Waals surface area contributed by atoms with Crippen molar-refractivity contribution < 1.29 is 19.1 Å². The Labute approximate surface area is 241 Å². The molecular formula is C35H34N2O4. The fourth-order valence-corrected chi connectivity index (χ4v) is 6.10. The molecule has 6 heteroatoms. The minimum absolute atomic E-state index is 0.258. The van der Waals surface area contributed by atoms with Crippen molar-refractivity contribution in [1.82, 2.24) is 4.90 Å². The number of benzene rings is 4. The van der Waals surface area contributed by atoms with Gasteiger partial charge in [-0.2, -0.15) is 0 Å². The highest BCUT2D eigenvalue weighted by Gasteiger charge is 2.60. The van der Waals surface area contributed by atoms with Crippen molar-refractivity contribution >= 4 is 17.6 Å². The van der Waals surface area contributed by atoms with Crippen LogP contribution >= 0.6 is 0 Å². The molecule has 2 aliphatic heterocycles. The van der Waals surface area contributed by atoms with Crippen molar-refractivity contribution in [2.75, 3.05) is 25.0 Å². The van der Waals surface area contributed by atoms with Gasteiger partial charge in [-0.25, -0.2) is 9.59 Å². The maximum Gasteiger partial charge on any atom is 0.422 e. The molecule has 0 aliphatic carbocycles. The molecule has 1 spiro atoms. The highest BCUT2D eigenvalue weighted by molar-refractivity contribution is 6.31. The highest BCUT2D eigenvalue weighted by Crippen LogP contribution is 2.45. The average molecular weight is 547 g/mol. The molecule has 0 saturated carbocycles. The number of esters is 2. The number of aryl methyl sites for hydroxylation is 1. The van der Waals surface area contributed by atoms with Crippen LogP contribution in [0.15, 0.2) is 109 Å². The van der Waals surface area contributed by atoms with Crippen LogP contribution in [0.25, 0.3) is 11.1 Å². The lowest BCUT2D eigenvalue weighted by molar-refractivity contribution is -0.206. The number of nitrogens with zero attached hydrogens (tertiary/aromatic N) is 2. The van der Waals surface area contributed by atoms with E-state index in [-0.39, 0.29) is 5.92 Å². The van der Waals surface area contributed by atoms with Crippen LogP contribution in [0.1, 0.15) is 23.1 Å². The quantitative estimate of drug-likeness (QED) is 0.194. The Kier molecular flexibility index (Phi) is 7.57. The Morgan fingerprint density at radius 2 is 1.37 bits per heavy atom. The monoisotopic (exact) mass is 546 g/mol. The van der Waals surface area contributed by atoms with Crippen LogP contribution in [0.2, 0.25) is 0 Å². The van der Waals surface area contributed by atoms with Gasteiger partial charge < -0.3 is 14.4 Å². The molecular weight excluding hydrogens is 512 g/mol. The third kappa shape index (κ3) is 5.61. The number of rotatable bonds is 9. The summed E-state index contributed by atoms with van der Waals surface area (Å²) in [6.45, 7) is 1.88. The molecule has 1 unspecified atom stereocenters. The van der Waals surface area contributed by atoms with Crippen molar-refractivity contribution in [1.29, 1.82) is 0 Å². The minimum Gasteiger partial charge on any atom is -0.395 e. The SMILES string of the molecule is CN(Cc1ccccc1)CC1Cc2ccccc2N(CCCc2ccc(-c3ccccc3)cc2)C12OC(=O)C(=O)O2. The summed E-state index contributed by atoms with van der Waals surface area (Å²) in [5.41, 5.74) is 6.89. The van der Waals surface area contributed by atoms with Crippen LogP contribution < -0.4 is 4.90 Å². The van der Waals surface area contributed by atoms with Crippen LogP contribution in [0.5, 0.6) is 0 Å². The molecule has 0 radical (unpaired) electrons. The number of carbonyl (C=O) groups excluding carboxylic acids is 2. The van der Waals surface area contributed by atoms with E-state index in [2.05, 4.69) is 59.5 Å². The number of hydrogen-bond acceptors (Lipinski definition) is 6. The number of ether oxygens (including phenoxy) is 2. The molecule has 6 rings (SSSR count). The molecule has 1 atom stereocenters. The predicted molar refractivity (Wildman–Crippen MR) is 159 cm³/mol. The maximum atomic E-state index is 12.5. The van der Waals surface area contributed by atoms with Crippen LogP contribution in [0.3, 0.4) is 0 Å². The number of para-hydroxylation sites is 1. The molecule has 6 nitrogen and oxygen atoms in total. The van der Waals surface area contributed by atoms with Crippen molar-refractivity contribution in [2.24, 2.45) is 5.92 Å². The molecule has 208 valence electrons. The van der Waals surface area contributed by atoms with E-state index < -0.39 is 17.8 Å². The second kappa shape index (κ2) is 11.6. The van der Waals surface area contributed by atoms with Gasteiger partial charge in [-0.15, -0.1) is 0 Å². The molecule has 0 N–H and O–H groups in total. The number of anilines is 1. The van der Waals surface area contributed by atoms with Crippen LogP contribution in [0.4, 0.5) is 5.69 Å². The lowest BCUT2D eigenvalue weighted by atomic mass is 9.87. The summed E-state index contributed by atoms with van der Waals surface area (Å²) in [6.07, 6.45) is 2.26. The van der Waals surface area contributed by atoms with Gasteiger partial charge >= 0.3 is 17.8 Å².